The minimum Gasteiger partial charge on any atom is -0.310 e. The molecule has 1 N–H and O–H groups in total. The number of likely N-dealkylation sites (tertiary alicyclic amines) is 1. The van der Waals surface area contributed by atoms with Crippen LogP contribution in [0.15, 0.2) is 0 Å². The molecule has 3 rings (SSSR count). The first kappa shape index (κ1) is 9.17. The van der Waals surface area contributed by atoms with Crippen molar-refractivity contribution >= 4 is 0 Å². The molecule has 2 aliphatic heterocycles. The number of hydrogen-bond acceptors (Lipinski definition) is 2. The zero-order chi connectivity index (χ0) is 9.54. The van der Waals surface area contributed by atoms with Gasteiger partial charge in [-0.3, -0.25) is 0 Å². The predicted octanol–water partition coefficient (Wildman–Crippen LogP) is 1.47. The summed E-state index contributed by atoms with van der Waals surface area (Å²) in [5.74, 6) is 2.05. The van der Waals surface area contributed by atoms with Crippen molar-refractivity contribution in [3.8, 4) is 0 Å². The summed E-state index contributed by atoms with van der Waals surface area (Å²) in [5.41, 5.74) is 0. The summed E-state index contributed by atoms with van der Waals surface area (Å²) in [7, 11) is 0. The largest absolute Gasteiger partial charge is 0.310 e. The van der Waals surface area contributed by atoms with Gasteiger partial charge in [0.2, 0.25) is 0 Å². The molecule has 4 unspecified atom stereocenters. The van der Waals surface area contributed by atoms with Crippen LogP contribution in [0.1, 0.15) is 32.6 Å². The van der Waals surface area contributed by atoms with Crippen molar-refractivity contribution in [3.63, 3.8) is 0 Å². The molecule has 2 bridgehead atoms. The Bertz CT molecular complexity index is 216. The third-order valence-corrected chi connectivity index (χ3v) is 4.38. The van der Waals surface area contributed by atoms with Gasteiger partial charge in [-0.2, -0.15) is 0 Å². The van der Waals surface area contributed by atoms with Crippen LogP contribution in [-0.2, 0) is 0 Å². The normalized spacial score (nSPS) is 47.8. The summed E-state index contributed by atoms with van der Waals surface area (Å²) in [6, 6.07) is 1.66. The second kappa shape index (κ2) is 3.49. The minimum atomic E-state index is 0.816. The lowest BCUT2D eigenvalue weighted by molar-refractivity contribution is 0.245. The molecule has 2 saturated heterocycles. The Morgan fingerprint density at radius 3 is 2.79 bits per heavy atom. The molecule has 14 heavy (non-hydrogen) atoms. The first-order valence-corrected chi connectivity index (χ1v) is 6.29. The highest BCUT2D eigenvalue weighted by molar-refractivity contribution is 4.92. The lowest BCUT2D eigenvalue weighted by Crippen LogP contribution is -2.36. The molecular formula is C12H22N2. The first-order valence-electron chi connectivity index (χ1n) is 6.29. The number of fused-ring (bicyclic) bond motifs is 2. The molecule has 3 aliphatic rings. The van der Waals surface area contributed by atoms with Crippen molar-refractivity contribution in [1.29, 1.82) is 0 Å². The highest BCUT2D eigenvalue weighted by Crippen LogP contribution is 2.38. The predicted molar refractivity (Wildman–Crippen MR) is 58.3 cm³/mol. The molecule has 2 nitrogen and oxygen atoms in total. The first-order chi connectivity index (χ1) is 6.81. The van der Waals surface area contributed by atoms with Crippen molar-refractivity contribution in [2.75, 3.05) is 19.6 Å². The monoisotopic (exact) mass is 194 g/mol. The van der Waals surface area contributed by atoms with E-state index < -0.39 is 0 Å². The Morgan fingerprint density at radius 2 is 2.00 bits per heavy atom. The van der Waals surface area contributed by atoms with E-state index in [0.29, 0.717) is 0 Å². The van der Waals surface area contributed by atoms with E-state index in [4.69, 9.17) is 0 Å². The topological polar surface area (TPSA) is 15.3 Å². The molecule has 0 amide bonds. The standard InChI is InChI=1S/C12H22N2/c1-9-6-10(9)7-14-5-4-11-2-3-12(8-14)13-11/h9-13H,2-8H2,1H3. The molecule has 0 radical (unpaired) electrons. The summed E-state index contributed by atoms with van der Waals surface area (Å²) in [4.78, 5) is 2.71. The van der Waals surface area contributed by atoms with Crippen LogP contribution in [-0.4, -0.2) is 36.6 Å². The zero-order valence-electron chi connectivity index (χ0n) is 9.21. The van der Waals surface area contributed by atoms with Gasteiger partial charge in [-0.15, -0.1) is 0 Å². The molecule has 2 heterocycles. The Hall–Kier alpha value is -0.0800. The van der Waals surface area contributed by atoms with Crippen LogP contribution in [0.4, 0.5) is 0 Å². The second-order valence-corrected chi connectivity index (χ2v) is 5.66. The molecule has 4 atom stereocenters. The fourth-order valence-electron chi connectivity index (χ4n) is 3.17. The summed E-state index contributed by atoms with van der Waals surface area (Å²) in [6.45, 7) is 6.44. The van der Waals surface area contributed by atoms with Crippen LogP contribution < -0.4 is 5.32 Å². The van der Waals surface area contributed by atoms with Crippen molar-refractivity contribution in [2.24, 2.45) is 11.8 Å². The van der Waals surface area contributed by atoms with Gasteiger partial charge in [0.25, 0.3) is 0 Å². The van der Waals surface area contributed by atoms with Gasteiger partial charge in [-0.05, 0) is 44.1 Å². The average molecular weight is 194 g/mol. The molecule has 3 fully saturated rings. The maximum absolute atomic E-state index is 3.75. The van der Waals surface area contributed by atoms with Crippen molar-refractivity contribution in [3.05, 3.63) is 0 Å². The Labute approximate surface area is 87.0 Å². The summed E-state index contributed by atoms with van der Waals surface area (Å²) < 4.78 is 0. The third kappa shape index (κ3) is 1.82. The molecule has 1 aliphatic carbocycles. The molecule has 0 spiro atoms. The molecule has 0 aromatic heterocycles. The van der Waals surface area contributed by atoms with Gasteiger partial charge in [0.15, 0.2) is 0 Å². The summed E-state index contributed by atoms with van der Waals surface area (Å²) >= 11 is 0. The lowest BCUT2D eigenvalue weighted by atomic mass is 10.1. The van der Waals surface area contributed by atoms with E-state index in [1.54, 1.807) is 0 Å². The molecule has 0 aromatic rings. The van der Waals surface area contributed by atoms with Crippen LogP contribution >= 0.6 is 0 Å². The quantitative estimate of drug-likeness (QED) is 0.716. The van der Waals surface area contributed by atoms with Gasteiger partial charge in [0, 0.05) is 25.2 Å². The van der Waals surface area contributed by atoms with Crippen LogP contribution in [0.5, 0.6) is 0 Å². The van der Waals surface area contributed by atoms with Gasteiger partial charge in [-0.25, -0.2) is 0 Å². The number of hydrogen-bond donors (Lipinski definition) is 1. The smallest absolute Gasteiger partial charge is 0.0198 e. The van der Waals surface area contributed by atoms with E-state index in [1.807, 2.05) is 0 Å². The van der Waals surface area contributed by atoms with Gasteiger partial charge in [-0.1, -0.05) is 6.92 Å². The van der Waals surface area contributed by atoms with Crippen LogP contribution in [0, 0.1) is 11.8 Å². The van der Waals surface area contributed by atoms with E-state index in [0.717, 1.165) is 23.9 Å². The second-order valence-electron chi connectivity index (χ2n) is 5.66. The zero-order valence-corrected chi connectivity index (χ0v) is 9.21. The van der Waals surface area contributed by atoms with E-state index in [9.17, 15) is 0 Å². The number of rotatable bonds is 2. The fourth-order valence-corrected chi connectivity index (χ4v) is 3.17. The van der Waals surface area contributed by atoms with Gasteiger partial charge in [0.05, 0.1) is 0 Å². The minimum absolute atomic E-state index is 0.816. The lowest BCUT2D eigenvalue weighted by Gasteiger charge is -2.23. The summed E-state index contributed by atoms with van der Waals surface area (Å²) in [5, 5.41) is 3.75. The highest BCUT2D eigenvalue weighted by atomic mass is 15.2. The molecule has 1 saturated carbocycles. The Morgan fingerprint density at radius 1 is 1.21 bits per heavy atom. The third-order valence-electron chi connectivity index (χ3n) is 4.38. The maximum atomic E-state index is 3.75. The van der Waals surface area contributed by atoms with Crippen molar-refractivity contribution in [2.45, 2.75) is 44.7 Å². The van der Waals surface area contributed by atoms with Gasteiger partial charge in [0.1, 0.15) is 0 Å². The number of nitrogens with zero attached hydrogens (tertiary/aromatic N) is 1. The van der Waals surface area contributed by atoms with E-state index >= 15 is 0 Å². The Kier molecular flexibility index (Phi) is 2.29. The highest BCUT2D eigenvalue weighted by Gasteiger charge is 2.36. The summed E-state index contributed by atoms with van der Waals surface area (Å²) in [6.07, 6.45) is 5.72. The molecule has 0 aromatic carbocycles. The van der Waals surface area contributed by atoms with Crippen LogP contribution in [0.2, 0.25) is 0 Å². The van der Waals surface area contributed by atoms with Gasteiger partial charge < -0.3 is 10.2 Å². The molecule has 80 valence electrons. The van der Waals surface area contributed by atoms with E-state index in [-0.39, 0.29) is 0 Å². The van der Waals surface area contributed by atoms with E-state index in [2.05, 4.69) is 17.1 Å². The molecule has 2 heteroatoms. The SMILES string of the molecule is CC1CC1CN1CCC2CCC(C1)N2. The fraction of sp³-hybridized carbons (Fsp3) is 1.00. The van der Waals surface area contributed by atoms with Gasteiger partial charge >= 0.3 is 0 Å². The Balaban J connectivity index is 1.54. The number of nitrogens with one attached hydrogen (secondary N) is 1. The van der Waals surface area contributed by atoms with Crippen LogP contribution in [0.3, 0.4) is 0 Å². The van der Waals surface area contributed by atoms with Crippen molar-refractivity contribution in [1.82, 2.24) is 10.2 Å². The average Bonchev–Trinajstić information content (AvgIpc) is 2.68. The molecular weight excluding hydrogens is 172 g/mol. The van der Waals surface area contributed by atoms with Crippen molar-refractivity contribution < 1.29 is 0 Å². The van der Waals surface area contributed by atoms with Crippen LogP contribution in [0.25, 0.3) is 0 Å². The van der Waals surface area contributed by atoms with E-state index in [1.165, 1.54) is 45.3 Å². The maximum Gasteiger partial charge on any atom is 0.0198 e.